The van der Waals surface area contributed by atoms with Gasteiger partial charge >= 0.3 is 6.03 Å². The highest BCUT2D eigenvalue weighted by Crippen LogP contribution is 2.29. The number of amides is 2. The smallest absolute Gasteiger partial charge is 0.317 e. The lowest BCUT2D eigenvalue weighted by Gasteiger charge is -2.33. The molecule has 1 aliphatic rings. The number of fused-ring (bicyclic) bond motifs is 1. The molecule has 0 saturated carbocycles. The lowest BCUT2D eigenvalue weighted by atomic mass is 9.99. The summed E-state index contributed by atoms with van der Waals surface area (Å²) in [5, 5.41) is 9.93. The Bertz CT molecular complexity index is 994. The molecular formula is C17H15BrFN7O. The minimum atomic E-state index is -0.613. The minimum absolute atomic E-state index is 0.0487. The van der Waals surface area contributed by atoms with Crippen LogP contribution in [0, 0.1) is 5.82 Å². The molecule has 1 unspecified atom stereocenters. The molecule has 0 fully saturated rings. The lowest BCUT2D eigenvalue weighted by molar-refractivity contribution is 0.182. The largest absolute Gasteiger partial charge is 0.322 e. The normalized spacial score (nSPS) is 16.1. The van der Waals surface area contributed by atoms with E-state index >= 15 is 0 Å². The van der Waals surface area contributed by atoms with Gasteiger partial charge in [-0.15, -0.1) is 0 Å². The summed E-state index contributed by atoms with van der Waals surface area (Å²) in [6.07, 6.45) is 5.29. The van der Waals surface area contributed by atoms with Crippen molar-refractivity contribution in [2.45, 2.75) is 25.9 Å². The molecule has 2 amide bonds. The number of urea groups is 1. The zero-order valence-corrected chi connectivity index (χ0v) is 15.9. The first-order valence-corrected chi connectivity index (χ1v) is 9.05. The van der Waals surface area contributed by atoms with E-state index in [0.717, 1.165) is 11.3 Å². The number of rotatable bonds is 2. The van der Waals surface area contributed by atoms with Crippen molar-refractivity contribution in [3.05, 3.63) is 52.4 Å². The van der Waals surface area contributed by atoms with Crippen molar-refractivity contribution < 1.29 is 9.18 Å². The fourth-order valence-corrected chi connectivity index (χ4v) is 3.38. The van der Waals surface area contributed by atoms with Gasteiger partial charge in [0, 0.05) is 36.6 Å². The summed E-state index contributed by atoms with van der Waals surface area (Å²) in [6, 6.07) is 2.65. The second kappa shape index (κ2) is 7.03. The summed E-state index contributed by atoms with van der Waals surface area (Å²) >= 11 is 3.02. The third-order valence-corrected chi connectivity index (χ3v) is 4.99. The first-order chi connectivity index (χ1) is 13.0. The van der Waals surface area contributed by atoms with E-state index in [9.17, 15) is 9.18 Å². The van der Waals surface area contributed by atoms with Crippen LogP contribution < -0.4 is 5.32 Å². The maximum absolute atomic E-state index is 14.1. The fraction of sp³-hybridized carbons (Fsp3) is 0.235. The number of pyridine rings is 1. The van der Waals surface area contributed by atoms with E-state index in [1.54, 1.807) is 23.4 Å². The Kier molecular flexibility index (Phi) is 4.56. The van der Waals surface area contributed by atoms with Gasteiger partial charge in [-0.3, -0.25) is 5.10 Å². The second-order valence-corrected chi connectivity index (χ2v) is 6.92. The van der Waals surface area contributed by atoms with Crippen LogP contribution in [0.25, 0.3) is 11.5 Å². The summed E-state index contributed by atoms with van der Waals surface area (Å²) < 4.78 is 14.2. The Morgan fingerprint density at radius 1 is 1.33 bits per heavy atom. The van der Waals surface area contributed by atoms with Crippen molar-refractivity contribution in [2.75, 3.05) is 5.32 Å². The monoisotopic (exact) mass is 431 g/mol. The van der Waals surface area contributed by atoms with E-state index in [4.69, 9.17) is 0 Å². The number of H-pyrrole nitrogens is 1. The highest BCUT2D eigenvalue weighted by Gasteiger charge is 2.31. The van der Waals surface area contributed by atoms with Gasteiger partial charge in [-0.2, -0.15) is 5.10 Å². The van der Waals surface area contributed by atoms with Crippen molar-refractivity contribution in [1.82, 2.24) is 30.0 Å². The molecule has 1 aliphatic heterocycles. The Balaban J connectivity index is 1.60. The first-order valence-electron chi connectivity index (χ1n) is 8.25. The van der Waals surface area contributed by atoms with Gasteiger partial charge in [-0.1, -0.05) is 0 Å². The minimum Gasteiger partial charge on any atom is -0.317 e. The van der Waals surface area contributed by atoms with E-state index in [1.807, 2.05) is 6.92 Å². The molecule has 4 rings (SSSR count). The molecule has 0 spiro atoms. The summed E-state index contributed by atoms with van der Waals surface area (Å²) in [5.74, 6) is -0.0943. The van der Waals surface area contributed by atoms with Gasteiger partial charge in [-0.05, 0) is 35.0 Å². The third kappa shape index (κ3) is 3.27. The Hall–Kier alpha value is -2.88. The van der Waals surface area contributed by atoms with Gasteiger partial charge in [-0.25, -0.2) is 24.1 Å². The molecule has 4 heterocycles. The van der Waals surface area contributed by atoms with Gasteiger partial charge in [0.2, 0.25) is 0 Å². The Labute approximate surface area is 162 Å². The van der Waals surface area contributed by atoms with Crippen LogP contribution in [-0.4, -0.2) is 42.1 Å². The van der Waals surface area contributed by atoms with Crippen molar-refractivity contribution in [2.24, 2.45) is 0 Å². The van der Waals surface area contributed by atoms with E-state index in [0.29, 0.717) is 24.5 Å². The number of anilines is 1. The quantitative estimate of drug-likeness (QED) is 0.607. The number of nitrogens with one attached hydrogen (secondary N) is 2. The van der Waals surface area contributed by atoms with Gasteiger partial charge in [0.1, 0.15) is 10.3 Å². The maximum atomic E-state index is 14.1. The zero-order chi connectivity index (χ0) is 19.0. The number of carbonyl (C=O) groups excluding carboxylic acids is 1. The standard InChI is InChI=1S/C17H15BrFN7O/c1-9-7-12-10(14(25-24-12)16-21-4-2-5-22-16)8-26(9)17(27)23-11-3-6-20-15(18)13(11)19/h2-6,9H,7-8H2,1H3,(H,24,25)(H,20,23,27). The van der Waals surface area contributed by atoms with Gasteiger partial charge in [0.15, 0.2) is 11.6 Å². The number of aromatic nitrogens is 5. The molecule has 1 atom stereocenters. The maximum Gasteiger partial charge on any atom is 0.322 e. The molecule has 8 nitrogen and oxygen atoms in total. The third-order valence-electron chi connectivity index (χ3n) is 4.44. The summed E-state index contributed by atoms with van der Waals surface area (Å²) in [7, 11) is 0. The zero-order valence-electron chi connectivity index (χ0n) is 14.3. The van der Waals surface area contributed by atoms with E-state index < -0.39 is 11.8 Å². The predicted molar refractivity (Wildman–Crippen MR) is 99.2 cm³/mol. The molecule has 10 heteroatoms. The van der Waals surface area contributed by atoms with Crippen LogP contribution in [0.4, 0.5) is 14.9 Å². The average Bonchev–Trinajstić information content (AvgIpc) is 3.08. The number of aromatic amines is 1. The lowest BCUT2D eigenvalue weighted by Crippen LogP contribution is -2.44. The van der Waals surface area contributed by atoms with Gasteiger partial charge in [0.05, 0.1) is 17.9 Å². The van der Waals surface area contributed by atoms with Crippen LogP contribution >= 0.6 is 15.9 Å². The fourth-order valence-electron chi connectivity index (χ4n) is 3.04. The van der Waals surface area contributed by atoms with Crippen LogP contribution in [-0.2, 0) is 13.0 Å². The van der Waals surface area contributed by atoms with Crippen LogP contribution in [0.1, 0.15) is 18.2 Å². The molecule has 2 N–H and O–H groups in total. The van der Waals surface area contributed by atoms with Crippen LogP contribution in [0.2, 0.25) is 0 Å². The summed E-state index contributed by atoms with van der Waals surface area (Å²) in [5.41, 5.74) is 2.50. The Morgan fingerprint density at radius 3 is 2.89 bits per heavy atom. The highest BCUT2D eigenvalue weighted by atomic mass is 79.9. The van der Waals surface area contributed by atoms with Gasteiger partial charge < -0.3 is 10.2 Å². The molecular weight excluding hydrogens is 417 g/mol. The SMILES string of the molecule is CC1Cc2n[nH]c(-c3ncccn3)c2CN1C(=O)Nc1ccnc(Br)c1F. The average molecular weight is 432 g/mol. The number of hydrogen-bond acceptors (Lipinski definition) is 5. The Morgan fingerprint density at radius 2 is 2.11 bits per heavy atom. The molecule has 3 aromatic rings. The van der Waals surface area contributed by atoms with Crippen molar-refractivity contribution in [3.8, 4) is 11.5 Å². The molecule has 0 aliphatic carbocycles. The van der Waals surface area contributed by atoms with Crippen molar-refractivity contribution >= 4 is 27.6 Å². The first kappa shape index (κ1) is 17.5. The number of nitrogens with zero attached hydrogens (tertiary/aromatic N) is 5. The van der Waals surface area contributed by atoms with Crippen LogP contribution in [0.3, 0.4) is 0 Å². The number of hydrogen-bond donors (Lipinski definition) is 2. The van der Waals surface area contributed by atoms with E-state index in [2.05, 4.69) is 46.4 Å². The van der Waals surface area contributed by atoms with Crippen LogP contribution in [0.5, 0.6) is 0 Å². The summed E-state index contributed by atoms with van der Waals surface area (Å²) in [4.78, 5) is 26.7. The predicted octanol–water partition coefficient (Wildman–Crippen LogP) is 3.14. The highest BCUT2D eigenvalue weighted by molar-refractivity contribution is 9.10. The number of carbonyl (C=O) groups is 1. The molecule has 0 aromatic carbocycles. The molecule has 0 radical (unpaired) electrons. The summed E-state index contributed by atoms with van der Waals surface area (Å²) in [6.45, 7) is 2.25. The van der Waals surface area contributed by atoms with E-state index in [1.165, 1.54) is 12.3 Å². The van der Waals surface area contributed by atoms with Gasteiger partial charge in [0.25, 0.3) is 0 Å². The van der Waals surface area contributed by atoms with E-state index in [-0.39, 0.29) is 16.3 Å². The molecule has 3 aromatic heterocycles. The molecule has 138 valence electrons. The van der Waals surface area contributed by atoms with Crippen molar-refractivity contribution in [1.29, 1.82) is 0 Å². The van der Waals surface area contributed by atoms with Crippen molar-refractivity contribution in [3.63, 3.8) is 0 Å². The topological polar surface area (TPSA) is 99.7 Å². The second-order valence-electron chi connectivity index (χ2n) is 6.17. The number of halogens is 2. The molecule has 0 saturated heterocycles. The molecule has 27 heavy (non-hydrogen) atoms. The van der Waals surface area contributed by atoms with Crippen LogP contribution in [0.15, 0.2) is 35.3 Å². The molecule has 0 bridgehead atoms.